The zero-order valence-electron chi connectivity index (χ0n) is 12.1. The van der Waals surface area contributed by atoms with Crippen LogP contribution in [0, 0.1) is 0 Å². The van der Waals surface area contributed by atoms with Gasteiger partial charge in [0.15, 0.2) is 0 Å². The number of piperidine rings is 1. The predicted molar refractivity (Wildman–Crippen MR) is 81.2 cm³/mol. The molecule has 0 aromatic heterocycles. The van der Waals surface area contributed by atoms with Crippen LogP contribution in [0.15, 0.2) is 24.3 Å². The Morgan fingerprint density at radius 1 is 1.33 bits per heavy atom. The summed E-state index contributed by atoms with van der Waals surface area (Å²) in [5.74, 6) is -0.431. The third kappa shape index (κ3) is 4.26. The standard InChI is InChI=1S/C14H21N3O3S/c1-21(19,20)17-8-6-12(7-9-17)16-10-11-4-2-3-5-13(11)14(15)18/h2-5,12,16H,6-10H2,1H3,(H2,15,18). The Labute approximate surface area is 125 Å². The molecule has 0 saturated carbocycles. The Balaban J connectivity index is 1.90. The number of hydrogen-bond acceptors (Lipinski definition) is 4. The summed E-state index contributed by atoms with van der Waals surface area (Å²) in [6.45, 7) is 1.63. The van der Waals surface area contributed by atoms with Crippen molar-refractivity contribution in [3.8, 4) is 0 Å². The van der Waals surface area contributed by atoms with Crippen LogP contribution in [0.4, 0.5) is 0 Å². The van der Waals surface area contributed by atoms with E-state index in [9.17, 15) is 13.2 Å². The van der Waals surface area contributed by atoms with Crippen LogP contribution in [0.3, 0.4) is 0 Å². The minimum atomic E-state index is -3.09. The number of nitrogens with two attached hydrogens (primary N) is 1. The van der Waals surface area contributed by atoms with Gasteiger partial charge in [-0.25, -0.2) is 12.7 Å². The quantitative estimate of drug-likeness (QED) is 0.818. The Morgan fingerprint density at radius 3 is 2.52 bits per heavy atom. The number of nitrogens with zero attached hydrogens (tertiary/aromatic N) is 1. The molecule has 0 bridgehead atoms. The van der Waals surface area contributed by atoms with Crippen molar-refractivity contribution in [2.45, 2.75) is 25.4 Å². The topological polar surface area (TPSA) is 92.5 Å². The Hall–Kier alpha value is -1.44. The predicted octanol–water partition coefficient (Wildman–Crippen LogP) is 0.299. The lowest BCUT2D eigenvalue weighted by Gasteiger charge is -2.30. The number of hydrogen-bond donors (Lipinski definition) is 2. The van der Waals surface area contributed by atoms with E-state index in [1.807, 2.05) is 12.1 Å². The largest absolute Gasteiger partial charge is 0.366 e. The third-order valence-corrected chi connectivity index (χ3v) is 5.09. The lowest BCUT2D eigenvalue weighted by molar-refractivity contribution is 0.0999. The second kappa shape index (κ2) is 6.55. The van der Waals surface area contributed by atoms with Crippen LogP contribution in [0.2, 0.25) is 0 Å². The van der Waals surface area contributed by atoms with E-state index < -0.39 is 15.9 Å². The molecule has 116 valence electrons. The first-order valence-corrected chi connectivity index (χ1v) is 8.79. The molecule has 1 aromatic carbocycles. The molecule has 1 aliphatic rings. The fraction of sp³-hybridized carbons (Fsp3) is 0.500. The molecule has 0 spiro atoms. The highest BCUT2D eigenvalue weighted by molar-refractivity contribution is 7.88. The van der Waals surface area contributed by atoms with Crippen molar-refractivity contribution in [3.05, 3.63) is 35.4 Å². The molecular formula is C14H21N3O3S. The zero-order valence-corrected chi connectivity index (χ0v) is 12.9. The molecule has 1 fully saturated rings. The van der Waals surface area contributed by atoms with Gasteiger partial charge in [0.25, 0.3) is 0 Å². The molecule has 6 nitrogen and oxygen atoms in total. The van der Waals surface area contributed by atoms with Crippen LogP contribution in [-0.2, 0) is 16.6 Å². The fourth-order valence-corrected chi connectivity index (χ4v) is 3.43. The molecule has 7 heteroatoms. The first-order valence-electron chi connectivity index (χ1n) is 6.94. The number of carbonyl (C=O) groups excluding carboxylic acids is 1. The van der Waals surface area contributed by atoms with Gasteiger partial charge in [-0.15, -0.1) is 0 Å². The second-order valence-corrected chi connectivity index (χ2v) is 7.32. The Kier molecular flexibility index (Phi) is 4.97. The van der Waals surface area contributed by atoms with E-state index in [1.165, 1.54) is 10.6 Å². The van der Waals surface area contributed by atoms with Gasteiger partial charge in [0, 0.05) is 31.2 Å². The summed E-state index contributed by atoms with van der Waals surface area (Å²) < 4.78 is 24.4. The number of amides is 1. The molecule has 0 atom stereocenters. The molecule has 1 aliphatic heterocycles. The number of benzene rings is 1. The first-order chi connectivity index (χ1) is 9.88. The molecule has 21 heavy (non-hydrogen) atoms. The van der Waals surface area contributed by atoms with Crippen molar-refractivity contribution < 1.29 is 13.2 Å². The number of primary amides is 1. The van der Waals surface area contributed by atoms with Crippen LogP contribution in [0.1, 0.15) is 28.8 Å². The minimum absolute atomic E-state index is 0.254. The van der Waals surface area contributed by atoms with Crippen molar-refractivity contribution >= 4 is 15.9 Å². The van der Waals surface area contributed by atoms with E-state index >= 15 is 0 Å². The highest BCUT2D eigenvalue weighted by Crippen LogP contribution is 2.15. The molecule has 1 aromatic rings. The summed E-state index contributed by atoms with van der Waals surface area (Å²) in [4.78, 5) is 11.3. The van der Waals surface area contributed by atoms with Crippen molar-refractivity contribution in [1.82, 2.24) is 9.62 Å². The third-order valence-electron chi connectivity index (χ3n) is 3.79. The molecule has 2 rings (SSSR count). The molecule has 3 N–H and O–H groups in total. The molecule has 1 saturated heterocycles. The minimum Gasteiger partial charge on any atom is -0.366 e. The Morgan fingerprint density at radius 2 is 1.95 bits per heavy atom. The van der Waals surface area contributed by atoms with E-state index in [1.54, 1.807) is 12.1 Å². The van der Waals surface area contributed by atoms with E-state index in [-0.39, 0.29) is 6.04 Å². The molecule has 0 unspecified atom stereocenters. The molecule has 1 amide bonds. The average Bonchev–Trinajstić information content (AvgIpc) is 2.45. The number of carbonyl (C=O) groups is 1. The van der Waals surface area contributed by atoms with Gasteiger partial charge in [0.2, 0.25) is 15.9 Å². The lowest BCUT2D eigenvalue weighted by Crippen LogP contribution is -2.44. The lowest BCUT2D eigenvalue weighted by atomic mass is 10.0. The smallest absolute Gasteiger partial charge is 0.249 e. The highest BCUT2D eigenvalue weighted by Gasteiger charge is 2.24. The van der Waals surface area contributed by atoms with Crippen molar-refractivity contribution in [2.24, 2.45) is 5.73 Å². The van der Waals surface area contributed by atoms with Crippen LogP contribution in [0.5, 0.6) is 0 Å². The van der Waals surface area contributed by atoms with Gasteiger partial charge in [-0.2, -0.15) is 0 Å². The van der Waals surface area contributed by atoms with Gasteiger partial charge >= 0.3 is 0 Å². The van der Waals surface area contributed by atoms with Gasteiger partial charge in [-0.05, 0) is 24.5 Å². The second-order valence-electron chi connectivity index (χ2n) is 5.34. The Bertz CT molecular complexity index is 608. The van der Waals surface area contributed by atoms with Crippen molar-refractivity contribution in [3.63, 3.8) is 0 Å². The molecular weight excluding hydrogens is 290 g/mol. The maximum Gasteiger partial charge on any atom is 0.249 e. The summed E-state index contributed by atoms with van der Waals surface area (Å²) in [5.41, 5.74) is 6.75. The van der Waals surface area contributed by atoms with Crippen LogP contribution < -0.4 is 11.1 Å². The maximum absolute atomic E-state index is 11.4. The number of rotatable bonds is 5. The maximum atomic E-state index is 11.4. The first kappa shape index (κ1) is 15.9. The highest BCUT2D eigenvalue weighted by atomic mass is 32.2. The van der Waals surface area contributed by atoms with Crippen molar-refractivity contribution in [2.75, 3.05) is 19.3 Å². The van der Waals surface area contributed by atoms with Gasteiger partial charge in [0.1, 0.15) is 0 Å². The van der Waals surface area contributed by atoms with Crippen LogP contribution >= 0.6 is 0 Å². The van der Waals surface area contributed by atoms with Crippen molar-refractivity contribution in [1.29, 1.82) is 0 Å². The summed E-state index contributed by atoms with van der Waals surface area (Å²) >= 11 is 0. The molecule has 0 aliphatic carbocycles. The van der Waals surface area contributed by atoms with E-state index in [2.05, 4.69) is 5.32 Å². The number of nitrogens with one attached hydrogen (secondary N) is 1. The average molecular weight is 311 g/mol. The van der Waals surface area contributed by atoms with Gasteiger partial charge in [-0.1, -0.05) is 18.2 Å². The summed E-state index contributed by atoms with van der Waals surface area (Å²) in [5, 5.41) is 3.38. The number of sulfonamides is 1. The van der Waals surface area contributed by atoms with E-state index in [0.717, 1.165) is 18.4 Å². The van der Waals surface area contributed by atoms with Gasteiger partial charge in [-0.3, -0.25) is 4.79 Å². The fourth-order valence-electron chi connectivity index (χ4n) is 2.56. The van der Waals surface area contributed by atoms with Crippen LogP contribution in [0.25, 0.3) is 0 Å². The molecule has 0 radical (unpaired) electrons. The van der Waals surface area contributed by atoms with Crippen LogP contribution in [-0.4, -0.2) is 44.0 Å². The SMILES string of the molecule is CS(=O)(=O)N1CCC(NCc2ccccc2C(N)=O)CC1. The summed E-state index contributed by atoms with van der Waals surface area (Å²) in [7, 11) is -3.09. The molecule has 1 heterocycles. The van der Waals surface area contributed by atoms with E-state index in [4.69, 9.17) is 5.73 Å². The monoisotopic (exact) mass is 311 g/mol. The summed E-state index contributed by atoms with van der Waals surface area (Å²) in [6, 6.07) is 7.50. The normalized spacial score (nSPS) is 17.8. The zero-order chi connectivity index (χ0) is 15.5. The van der Waals surface area contributed by atoms with Gasteiger partial charge < -0.3 is 11.1 Å². The summed E-state index contributed by atoms with van der Waals surface area (Å²) in [6.07, 6.45) is 2.78. The van der Waals surface area contributed by atoms with Gasteiger partial charge in [0.05, 0.1) is 6.26 Å². The van der Waals surface area contributed by atoms with E-state index in [0.29, 0.717) is 25.2 Å².